The maximum absolute atomic E-state index is 12.5. The van der Waals surface area contributed by atoms with Crippen LogP contribution in [0.5, 0.6) is 0 Å². The van der Waals surface area contributed by atoms with E-state index in [0.717, 1.165) is 24.3 Å². The van der Waals surface area contributed by atoms with E-state index in [0.29, 0.717) is 30.2 Å². The van der Waals surface area contributed by atoms with Crippen LogP contribution in [0.1, 0.15) is 41.6 Å². The normalized spacial score (nSPS) is 17.4. The van der Waals surface area contributed by atoms with Crippen molar-refractivity contribution in [2.24, 2.45) is 0 Å². The average molecular weight is 404 g/mol. The summed E-state index contributed by atoms with van der Waals surface area (Å²) >= 11 is 1.56. The second kappa shape index (κ2) is 10.5. The summed E-state index contributed by atoms with van der Waals surface area (Å²) in [5.41, 5.74) is 2.08. The average Bonchev–Trinajstić information content (AvgIpc) is 2.74. The topological polar surface area (TPSA) is 70.7 Å². The Labute approximate surface area is 171 Å². The molecule has 2 amide bonds. The van der Waals surface area contributed by atoms with Crippen LogP contribution in [-0.4, -0.2) is 55.3 Å². The van der Waals surface area contributed by atoms with Gasteiger partial charge in [-0.2, -0.15) is 0 Å². The molecule has 6 nitrogen and oxygen atoms in total. The first kappa shape index (κ1) is 20.7. The van der Waals surface area contributed by atoms with Crippen molar-refractivity contribution in [2.75, 3.05) is 43.9 Å². The molecule has 0 saturated carbocycles. The van der Waals surface area contributed by atoms with E-state index in [-0.39, 0.29) is 11.8 Å². The van der Waals surface area contributed by atoms with Crippen LogP contribution in [0.4, 0.5) is 5.69 Å². The minimum Gasteiger partial charge on any atom is -0.487 e. The smallest absolute Gasteiger partial charge is 0.291 e. The maximum atomic E-state index is 12.5. The first-order valence-corrected chi connectivity index (χ1v) is 11.1. The highest BCUT2D eigenvalue weighted by Crippen LogP contribution is 2.20. The first-order valence-electron chi connectivity index (χ1n) is 10.0. The van der Waals surface area contributed by atoms with E-state index in [2.05, 4.69) is 15.5 Å². The molecule has 28 heavy (non-hydrogen) atoms. The first-order chi connectivity index (χ1) is 13.6. The number of benzene rings is 1. The second-order valence-electron chi connectivity index (χ2n) is 7.20. The summed E-state index contributed by atoms with van der Waals surface area (Å²) in [7, 11) is 0. The zero-order valence-electron chi connectivity index (χ0n) is 16.5. The Morgan fingerprint density at radius 2 is 2.00 bits per heavy atom. The molecular weight excluding hydrogens is 374 g/mol. The van der Waals surface area contributed by atoms with Crippen LogP contribution in [-0.2, 0) is 9.53 Å². The molecule has 1 aromatic rings. The highest BCUT2D eigenvalue weighted by molar-refractivity contribution is 8.02. The van der Waals surface area contributed by atoms with Crippen LogP contribution in [0, 0.1) is 6.92 Å². The number of thioether (sulfide) groups is 1. The van der Waals surface area contributed by atoms with Crippen molar-refractivity contribution in [1.29, 1.82) is 0 Å². The van der Waals surface area contributed by atoms with Crippen LogP contribution in [0.3, 0.4) is 0 Å². The predicted octanol–water partition coefficient (Wildman–Crippen LogP) is 3.14. The third kappa shape index (κ3) is 6.01. The highest BCUT2D eigenvalue weighted by Gasteiger charge is 2.16. The van der Waals surface area contributed by atoms with E-state index in [9.17, 15) is 9.59 Å². The lowest BCUT2D eigenvalue weighted by Gasteiger charge is -2.26. The number of anilines is 1. The van der Waals surface area contributed by atoms with Gasteiger partial charge in [0.1, 0.15) is 0 Å². The molecule has 1 fully saturated rings. The molecule has 1 saturated heterocycles. The summed E-state index contributed by atoms with van der Waals surface area (Å²) in [6.07, 6.45) is 4.85. The third-order valence-corrected chi connectivity index (χ3v) is 5.79. The number of hydrogen-bond acceptors (Lipinski definition) is 5. The maximum Gasteiger partial charge on any atom is 0.291 e. The lowest BCUT2D eigenvalue weighted by atomic mass is 10.1. The van der Waals surface area contributed by atoms with Crippen LogP contribution in [0.2, 0.25) is 0 Å². The standard InChI is InChI=1S/C21H29N3O3S/c1-16-6-7-17(14-18(16)23-21(26)19-15-28-13-12-27-19)20(25)22-8-5-11-24-9-3-2-4-10-24/h6-7,14-15H,2-5,8-13H2,1H3,(H,22,25)(H,23,26). The number of nitrogens with one attached hydrogen (secondary N) is 2. The Hall–Kier alpha value is -1.99. The summed E-state index contributed by atoms with van der Waals surface area (Å²) in [6.45, 7) is 6.47. The van der Waals surface area contributed by atoms with Crippen molar-refractivity contribution in [3.8, 4) is 0 Å². The lowest BCUT2D eigenvalue weighted by Crippen LogP contribution is -2.33. The van der Waals surface area contributed by atoms with E-state index >= 15 is 0 Å². The summed E-state index contributed by atoms with van der Waals surface area (Å²) < 4.78 is 5.39. The van der Waals surface area contributed by atoms with Gasteiger partial charge in [-0.15, -0.1) is 11.8 Å². The molecule has 3 rings (SSSR count). The molecule has 2 heterocycles. The van der Waals surface area contributed by atoms with Crippen LogP contribution >= 0.6 is 11.8 Å². The molecular formula is C21H29N3O3S. The van der Waals surface area contributed by atoms with Crippen molar-refractivity contribution in [3.63, 3.8) is 0 Å². The Morgan fingerprint density at radius 3 is 2.75 bits per heavy atom. The fourth-order valence-electron chi connectivity index (χ4n) is 3.36. The van der Waals surface area contributed by atoms with Gasteiger partial charge in [0, 0.05) is 29.0 Å². The molecule has 7 heteroatoms. The number of amides is 2. The Morgan fingerprint density at radius 1 is 1.18 bits per heavy atom. The minimum atomic E-state index is -0.283. The van der Waals surface area contributed by atoms with Crippen LogP contribution in [0.15, 0.2) is 29.4 Å². The summed E-state index contributed by atoms with van der Waals surface area (Å²) in [5, 5.41) is 7.57. The molecule has 0 bridgehead atoms. The molecule has 152 valence electrons. The van der Waals surface area contributed by atoms with Crippen molar-refractivity contribution >= 4 is 29.3 Å². The molecule has 0 spiro atoms. The van der Waals surface area contributed by atoms with E-state index in [4.69, 9.17) is 4.74 Å². The molecule has 0 aliphatic carbocycles. The van der Waals surface area contributed by atoms with Crippen molar-refractivity contribution < 1.29 is 14.3 Å². The number of carbonyl (C=O) groups is 2. The number of likely N-dealkylation sites (tertiary alicyclic amines) is 1. The third-order valence-electron chi connectivity index (χ3n) is 5.01. The fraction of sp³-hybridized carbons (Fsp3) is 0.524. The van der Waals surface area contributed by atoms with Crippen molar-refractivity contribution in [2.45, 2.75) is 32.6 Å². The van der Waals surface area contributed by atoms with Gasteiger partial charge in [0.15, 0.2) is 5.76 Å². The van der Waals surface area contributed by atoms with Crippen LogP contribution in [0.25, 0.3) is 0 Å². The zero-order valence-corrected chi connectivity index (χ0v) is 17.3. The summed E-state index contributed by atoms with van der Waals surface area (Å²) in [6, 6.07) is 5.37. The van der Waals surface area contributed by atoms with Gasteiger partial charge < -0.3 is 20.3 Å². The molecule has 0 atom stereocenters. The van der Waals surface area contributed by atoms with Gasteiger partial charge >= 0.3 is 0 Å². The van der Waals surface area contributed by atoms with E-state index in [1.165, 1.54) is 32.4 Å². The predicted molar refractivity (Wildman–Crippen MR) is 114 cm³/mol. The Bertz CT molecular complexity index is 730. The molecule has 2 aliphatic heterocycles. The molecule has 2 aliphatic rings. The molecule has 0 unspecified atom stereocenters. The molecule has 1 aromatic carbocycles. The number of piperidine rings is 1. The van der Waals surface area contributed by atoms with Gasteiger partial charge in [-0.1, -0.05) is 12.5 Å². The number of hydrogen-bond donors (Lipinski definition) is 2. The molecule has 2 N–H and O–H groups in total. The van der Waals surface area contributed by atoms with E-state index < -0.39 is 0 Å². The number of ether oxygens (including phenoxy) is 1. The quantitative estimate of drug-likeness (QED) is 0.685. The van der Waals surface area contributed by atoms with Crippen molar-refractivity contribution in [1.82, 2.24) is 10.2 Å². The fourth-order valence-corrected chi connectivity index (χ4v) is 3.98. The Kier molecular flexibility index (Phi) is 7.80. The van der Waals surface area contributed by atoms with Gasteiger partial charge in [-0.3, -0.25) is 9.59 Å². The van der Waals surface area contributed by atoms with Crippen molar-refractivity contribution in [3.05, 3.63) is 40.5 Å². The van der Waals surface area contributed by atoms with E-state index in [1.807, 2.05) is 13.0 Å². The van der Waals surface area contributed by atoms with Gasteiger partial charge in [-0.25, -0.2) is 0 Å². The van der Waals surface area contributed by atoms with Gasteiger partial charge in [0.05, 0.1) is 6.61 Å². The number of aryl methyl sites for hydroxylation is 1. The summed E-state index contributed by atoms with van der Waals surface area (Å²) in [5.74, 6) is 0.777. The molecule has 0 radical (unpaired) electrons. The number of nitrogens with zero attached hydrogens (tertiary/aromatic N) is 1. The van der Waals surface area contributed by atoms with E-state index in [1.54, 1.807) is 29.3 Å². The lowest BCUT2D eigenvalue weighted by molar-refractivity contribution is -0.116. The van der Waals surface area contributed by atoms with Gasteiger partial charge in [-0.05, 0) is 63.5 Å². The van der Waals surface area contributed by atoms with Crippen LogP contribution < -0.4 is 10.6 Å². The SMILES string of the molecule is Cc1ccc(C(=O)NCCCN2CCCCC2)cc1NC(=O)C1=CSCCO1. The second-order valence-corrected chi connectivity index (χ2v) is 8.17. The number of rotatable bonds is 7. The zero-order chi connectivity index (χ0) is 19.8. The minimum absolute atomic E-state index is 0.113. The van der Waals surface area contributed by atoms with Gasteiger partial charge in [0.25, 0.3) is 11.8 Å². The largest absolute Gasteiger partial charge is 0.487 e. The van der Waals surface area contributed by atoms with Gasteiger partial charge in [0.2, 0.25) is 0 Å². The Balaban J connectivity index is 1.50. The molecule has 0 aromatic heterocycles. The number of carbonyl (C=O) groups excluding carboxylic acids is 2. The monoisotopic (exact) mass is 403 g/mol. The summed E-state index contributed by atoms with van der Waals surface area (Å²) in [4.78, 5) is 27.3. The highest BCUT2D eigenvalue weighted by atomic mass is 32.2.